The minimum absolute atomic E-state index is 0.0292. The van der Waals surface area contributed by atoms with Gasteiger partial charge in [-0.3, -0.25) is 4.79 Å². The van der Waals surface area contributed by atoms with Gasteiger partial charge in [-0.1, -0.05) is 0 Å². The number of hydrogen-bond donors (Lipinski definition) is 2. The van der Waals surface area contributed by atoms with E-state index >= 15 is 0 Å². The van der Waals surface area contributed by atoms with Gasteiger partial charge in [0.15, 0.2) is 0 Å². The maximum Gasteiger partial charge on any atom is 0.315 e. The number of hydrogen-bond acceptors (Lipinski definition) is 4. The number of aliphatic carboxylic acids is 1. The molecule has 0 radical (unpaired) electrons. The largest absolute Gasteiger partial charge is 0.481 e. The number of nitrogen functional groups attached to an aromatic ring is 1. The Hall–Kier alpha value is -2.24. The van der Waals surface area contributed by atoms with Crippen molar-refractivity contribution in [2.75, 3.05) is 5.73 Å². The van der Waals surface area contributed by atoms with Crippen molar-refractivity contribution in [3.63, 3.8) is 0 Å². The van der Waals surface area contributed by atoms with Crippen molar-refractivity contribution in [3.05, 3.63) is 29.7 Å². The quantitative estimate of drug-likeness (QED) is 0.845. The molecule has 6 heteroatoms. The molecule has 0 fully saturated rings. The first kappa shape index (κ1) is 12.2. The van der Waals surface area contributed by atoms with Crippen LogP contribution in [0.15, 0.2) is 18.2 Å². The van der Waals surface area contributed by atoms with Gasteiger partial charge < -0.3 is 10.8 Å². The van der Waals surface area contributed by atoms with Crippen molar-refractivity contribution in [1.29, 1.82) is 0 Å². The van der Waals surface area contributed by atoms with Crippen LogP contribution >= 0.6 is 0 Å². The fourth-order valence-electron chi connectivity index (χ4n) is 1.70. The second kappa shape index (κ2) is 3.90. The summed E-state index contributed by atoms with van der Waals surface area (Å²) in [6.45, 7) is 2.98. The van der Waals surface area contributed by atoms with Gasteiger partial charge in [0.2, 0.25) is 5.95 Å². The zero-order valence-corrected chi connectivity index (χ0v) is 9.94. The van der Waals surface area contributed by atoms with E-state index in [2.05, 4.69) is 9.97 Å². The number of rotatable bonds is 2. The summed E-state index contributed by atoms with van der Waals surface area (Å²) in [6.07, 6.45) is 0. The number of halogens is 1. The molecule has 0 bridgehead atoms. The molecular formula is C12H12FN3O2. The molecule has 1 aromatic carbocycles. The molecule has 0 amide bonds. The average molecular weight is 249 g/mol. The van der Waals surface area contributed by atoms with Crippen molar-refractivity contribution in [3.8, 4) is 0 Å². The number of nitrogens with zero attached hydrogens (tertiary/aromatic N) is 2. The summed E-state index contributed by atoms with van der Waals surface area (Å²) in [6, 6.07) is 3.91. The Morgan fingerprint density at radius 2 is 2.06 bits per heavy atom. The number of benzene rings is 1. The molecule has 2 rings (SSSR count). The smallest absolute Gasteiger partial charge is 0.315 e. The van der Waals surface area contributed by atoms with Gasteiger partial charge in [-0.05, 0) is 32.0 Å². The molecule has 0 spiro atoms. The van der Waals surface area contributed by atoms with Crippen LogP contribution in [0, 0.1) is 5.82 Å². The van der Waals surface area contributed by atoms with Crippen LogP contribution in [0.1, 0.15) is 19.5 Å². The molecule has 0 aliphatic heterocycles. The van der Waals surface area contributed by atoms with E-state index in [0.29, 0.717) is 10.9 Å². The van der Waals surface area contributed by atoms with Crippen molar-refractivity contribution in [2.24, 2.45) is 0 Å². The van der Waals surface area contributed by atoms with E-state index in [1.165, 1.54) is 32.0 Å². The third kappa shape index (κ3) is 1.85. The number of aromatic nitrogens is 2. The lowest BCUT2D eigenvalue weighted by Crippen LogP contribution is -2.30. The Balaban J connectivity index is 2.84. The van der Waals surface area contributed by atoms with Crippen LogP contribution in [0.3, 0.4) is 0 Å². The minimum Gasteiger partial charge on any atom is -0.481 e. The first-order chi connectivity index (χ1) is 8.32. The highest BCUT2D eigenvalue weighted by Gasteiger charge is 2.33. The topological polar surface area (TPSA) is 89.1 Å². The standard InChI is InChI=1S/C12H12FN3O2/c1-12(2,10(17)18)9-7-5-6(13)3-4-8(7)15-11(14)16-9/h3-5H,1-2H3,(H,17,18)(H2,14,15,16). The number of nitrogens with two attached hydrogens (primary N) is 1. The normalized spacial score (nSPS) is 11.7. The van der Waals surface area contributed by atoms with Crippen molar-refractivity contribution in [1.82, 2.24) is 9.97 Å². The minimum atomic E-state index is -1.27. The van der Waals surface area contributed by atoms with Gasteiger partial charge >= 0.3 is 5.97 Å². The van der Waals surface area contributed by atoms with Crippen LogP contribution in [0.5, 0.6) is 0 Å². The molecule has 0 aliphatic rings. The molecule has 0 unspecified atom stereocenters. The van der Waals surface area contributed by atoms with Gasteiger partial charge in [-0.25, -0.2) is 14.4 Å². The summed E-state index contributed by atoms with van der Waals surface area (Å²) >= 11 is 0. The number of carbonyl (C=O) groups is 1. The van der Waals surface area contributed by atoms with Gasteiger partial charge in [-0.2, -0.15) is 0 Å². The maximum absolute atomic E-state index is 13.3. The summed E-state index contributed by atoms with van der Waals surface area (Å²) in [5.74, 6) is -1.57. The number of anilines is 1. The van der Waals surface area contributed by atoms with Crippen molar-refractivity contribution in [2.45, 2.75) is 19.3 Å². The summed E-state index contributed by atoms with van der Waals surface area (Å²) in [5, 5.41) is 9.58. The maximum atomic E-state index is 13.3. The van der Waals surface area contributed by atoms with E-state index in [0.717, 1.165) is 0 Å². The fraction of sp³-hybridized carbons (Fsp3) is 0.250. The molecule has 1 heterocycles. The molecular weight excluding hydrogens is 237 g/mol. The zero-order chi connectivity index (χ0) is 13.5. The van der Waals surface area contributed by atoms with Crippen LogP contribution in [-0.2, 0) is 10.2 Å². The van der Waals surface area contributed by atoms with Crippen LogP contribution in [-0.4, -0.2) is 21.0 Å². The lowest BCUT2D eigenvalue weighted by atomic mass is 9.87. The highest BCUT2D eigenvalue weighted by molar-refractivity contribution is 5.90. The molecule has 0 saturated heterocycles. The molecule has 18 heavy (non-hydrogen) atoms. The Morgan fingerprint density at radius 3 is 2.67 bits per heavy atom. The van der Waals surface area contributed by atoms with Crippen molar-refractivity contribution < 1.29 is 14.3 Å². The Bertz CT molecular complexity index is 641. The van der Waals surface area contributed by atoms with Crippen molar-refractivity contribution >= 4 is 22.8 Å². The highest BCUT2D eigenvalue weighted by Crippen LogP contribution is 2.29. The Labute approximate surface area is 102 Å². The lowest BCUT2D eigenvalue weighted by Gasteiger charge is -2.20. The lowest BCUT2D eigenvalue weighted by molar-refractivity contribution is -0.142. The fourth-order valence-corrected chi connectivity index (χ4v) is 1.70. The summed E-state index contributed by atoms with van der Waals surface area (Å²) in [7, 11) is 0. The first-order valence-corrected chi connectivity index (χ1v) is 5.29. The highest BCUT2D eigenvalue weighted by atomic mass is 19.1. The van der Waals surface area contributed by atoms with Crippen LogP contribution in [0.2, 0.25) is 0 Å². The zero-order valence-electron chi connectivity index (χ0n) is 9.94. The van der Waals surface area contributed by atoms with Gasteiger partial charge in [-0.15, -0.1) is 0 Å². The van der Waals surface area contributed by atoms with E-state index in [4.69, 9.17) is 5.73 Å². The molecule has 0 saturated carbocycles. The average Bonchev–Trinajstić information content (AvgIpc) is 2.28. The third-order valence-electron chi connectivity index (χ3n) is 2.80. The molecule has 3 N–H and O–H groups in total. The predicted octanol–water partition coefficient (Wildman–Crippen LogP) is 1.71. The number of fused-ring (bicyclic) bond motifs is 1. The van der Waals surface area contributed by atoms with E-state index in [9.17, 15) is 14.3 Å². The van der Waals surface area contributed by atoms with Crippen LogP contribution < -0.4 is 5.73 Å². The summed E-state index contributed by atoms with van der Waals surface area (Å²) in [5.41, 5.74) is 4.91. The first-order valence-electron chi connectivity index (χ1n) is 5.29. The second-order valence-corrected chi connectivity index (χ2v) is 4.52. The van der Waals surface area contributed by atoms with Crippen LogP contribution in [0.4, 0.5) is 10.3 Å². The van der Waals surface area contributed by atoms with E-state index in [-0.39, 0.29) is 11.6 Å². The SMILES string of the molecule is CC(C)(C(=O)O)c1nc(N)nc2ccc(F)cc12. The van der Waals surface area contributed by atoms with Gasteiger partial charge in [0.25, 0.3) is 0 Å². The van der Waals surface area contributed by atoms with Gasteiger partial charge in [0.05, 0.1) is 11.2 Å². The number of carboxylic acid groups (broad SMARTS) is 1. The van der Waals surface area contributed by atoms with Gasteiger partial charge in [0.1, 0.15) is 11.2 Å². The Morgan fingerprint density at radius 1 is 1.39 bits per heavy atom. The van der Waals surface area contributed by atoms with E-state index in [1.54, 1.807) is 0 Å². The summed E-state index contributed by atoms with van der Waals surface area (Å²) in [4.78, 5) is 19.2. The van der Waals surface area contributed by atoms with Crippen LogP contribution in [0.25, 0.3) is 10.9 Å². The molecule has 0 atom stereocenters. The predicted molar refractivity (Wildman–Crippen MR) is 64.6 cm³/mol. The van der Waals surface area contributed by atoms with E-state index in [1.807, 2.05) is 0 Å². The van der Waals surface area contributed by atoms with E-state index < -0.39 is 17.2 Å². The number of carboxylic acids is 1. The summed E-state index contributed by atoms with van der Waals surface area (Å²) < 4.78 is 13.3. The molecule has 2 aromatic rings. The molecule has 5 nitrogen and oxygen atoms in total. The second-order valence-electron chi connectivity index (χ2n) is 4.52. The molecule has 94 valence electrons. The molecule has 0 aliphatic carbocycles. The monoisotopic (exact) mass is 249 g/mol. The Kier molecular flexibility index (Phi) is 2.65. The van der Waals surface area contributed by atoms with Gasteiger partial charge in [0, 0.05) is 5.39 Å². The third-order valence-corrected chi connectivity index (χ3v) is 2.80. The molecule has 1 aromatic heterocycles.